The number of methoxy groups -OCH3 is 1. The second-order valence-electron chi connectivity index (χ2n) is 4.88. The van der Waals surface area contributed by atoms with Crippen LogP contribution in [0.25, 0.3) is 0 Å². The molecule has 1 atom stereocenters. The van der Waals surface area contributed by atoms with Gasteiger partial charge in [0.05, 0.1) is 12.6 Å². The van der Waals surface area contributed by atoms with Crippen LogP contribution < -0.4 is 11.1 Å². The van der Waals surface area contributed by atoms with Crippen molar-refractivity contribution in [2.45, 2.75) is 12.5 Å². The van der Waals surface area contributed by atoms with Crippen LogP contribution in [0.1, 0.15) is 5.56 Å². The number of ether oxygens (including phenoxy) is 1. The summed E-state index contributed by atoms with van der Waals surface area (Å²) in [4.78, 5) is 14.0. The van der Waals surface area contributed by atoms with Gasteiger partial charge in [-0.25, -0.2) is 0 Å². The molecule has 112 valence electrons. The smallest absolute Gasteiger partial charge is 0.237 e. The molecule has 5 nitrogen and oxygen atoms in total. The lowest BCUT2D eigenvalue weighted by Gasteiger charge is -2.17. The molecule has 0 fully saturated rings. The number of nitrogens with zero attached hydrogens (tertiary/aromatic N) is 1. The van der Waals surface area contributed by atoms with Crippen LogP contribution in [0.2, 0.25) is 0 Å². The van der Waals surface area contributed by atoms with Gasteiger partial charge in [0.15, 0.2) is 0 Å². The van der Waals surface area contributed by atoms with Crippen molar-refractivity contribution in [1.82, 2.24) is 10.2 Å². The standard InChI is InChI=1S/C15H25N3O2/c1-18(10-11-20-2)9-8-17-15(19)14(16)12-13-6-4-3-5-7-13/h3-7,14H,8-12,16H2,1-2H3,(H,17,19)/t14-/m1/s1. The Hall–Kier alpha value is -1.43. The summed E-state index contributed by atoms with van der Waals surface area (Å²) in [5.41, 5.74) is 6.98. The SMILES string of the molecule is COCCN(C)CCNC(=O)[C@H](N)Cc1ccccc1. The average Bonchev–Trinajstić information content (AvgIpc) is 2.46. The minimum absolute atomic E-state index is 0.103. The maximum absolute atomic E-state index is 11.9. The van der Waals surface area contributed by atoms with E-state index in [0.717, 1.165) is 18.7 Å². The van der Waals surface area contributed by atoms with Gasteiger partial charge in [-0.1, -0.05) is 30.3 Å². The molecular weight excluding hydrogens is 254 g/mol. The van der Waals surface area contributed by atoms with Crippen molar-refractivity contribution in [3.63, 3.8) is 0 Å². The predicted octanol–water partition coefficient (Wildman–Crippen LogP) is 0.251. The molecule has 0 aliphatic rings. The number of carbonyl (C=O) groups excluding carboxylic acids is 1. The Bertz CT molecular complexity index is 384. The zero-order valence-electron chi connectivity index (χ0n) is 12.3. The molecule has 3 N–H and O–H groups in total. The summed E-state index contributed by atoms with van der Waals surface area (Å²) in [6, 6.07) is 9.30. The number of carbonyl (C=O) groups is 1. The zero-order valence-corrected chi connectivity index (χ0v) is 12.3. The Morgan fingerprint density at radius 1 is 1.35 bits per heavy atom. The van der Waals surface area contributed by atoms with Crippen molar-refractivity contribution in [1.29, 1.82) is 0 Å². The van der Waals surface area contributed by atoms with E-state index in [0.29, 0.717) is 19.6 Å². The summed E-state index contributed by atoms with van der Waals surface area (Å²) >= 11 is 0. The molecule has 0 aromatic heterocycles. The summed E-state index contributed by atoms with van der Waals surface area (Å²) in [6.45, 7) is 2.93. The van der Waals surface area contributed by atoms with Crippen LogP contribution in [0.4, 0.5) is 0 Å². The molecule has 0 aliphatic heterocycles. The van der Waals surface area contributed by atoms with Crippen LogP contribution in [0.5, 0.6) is 0 Å². The van der Waals surface area contributed by atoms with Gasteiger partial charge in [-0.05, 0) is 19.0 Å². The van der Waals surface area contributed by atoms with E-state index >= 15 is 0 Å². The number of likely N-dealkylation sites (N-methyl/N-ethyl adjacent to an activating group) is 1. The Balaban J connectivity index is 2.22. The molecule has 0 unspecified atom stereocenters. The van der Waals surface area contributed by atoms with Crippen molar-refractivity contribution >= 4 is 5.91 Å². The summed E-state index contributed by atoms with van der Waals surface area (Å²) in [7, 11) is 3.67. The van der Waals surface area contributed by atoms with Crippen LogP contribution in [0.15, 0.2) is 30.3 Å². The highest BCUT2D eigenvalue weighted by Gasteiger charge is 2.13. The predicted molar refractivity (Wildman–Crippen MR) is 80.5 cm³/mol. The molecule has 0 spiro atoms. The molecule has 0 saturated heterocycles. The fraction of sp³-hybridized carbons (Fsp3) is 0.533. The van der Waals surface area contributed by atoms with Gasteiger partial charge >= 0.3 is 0 Å². The maximum Gasteiger partial charge on any atom is 0.237 e. The molecule has 5 heteroatoms. The van der Waals surface area contributed by atoms with E-state index in [2.05, 4.69) is 10.2 Å². The molecule has 1 amide bonds. The van der Waals surface area contributed by atoms with Gasteiger partial charge < -0.3 is 20.7 Å². The Kier molecular flexibility index (Phi) is 7.87. The van der Waals surface area contributed by atoms with Crippen LogP contribution >= 0.6 is 0 Å². The molecule has 0 radical (unpaired) electrons. The monoisotopic (exact) mass is 279 g/mol. The molecule has 1 aromatic carbocycles. The third-order valence-electron chi connectivity index (χ3n) is 3.11. The third kappa shape index (κ3) is 6.65. The Morgan fingerprint density at radius 2 is 2.05 bits per heavy atom. The van der Waals surface area contributed by atoms with E-state index in [4.69, 9.17) is 10.5 Å². The molecule has 0 bridgehead atoms. The van der Waals surface area contributed by atoms with E-state index < -0.39 is 6.04 Å². The first-order valence-corrected chi connectivity index (χ1v) is 6.88. The fourth-order valence-corrected chi connectivity index (χ4v) is 1.82. The van der Waals surface area contributed by atoms with Crippen LogP contribution in [0.3, 0.4) is 0 Å². The summed E-state index contributed by atoms with van der Waals surface area (Å²) < 4.78 is 5.00. The first kappa shape index (κ1) is 16.6. The lowest BCUT2D eigenvalue weighted by molar-refractivity contribution is -0.122. The number of hydrogen-bond donors (Lipinski definition) is 2. The number of hydrogen-bond acceptors (Lipinski definition) is 4. The lowest BCUT2D eigenvalue weighted by Crippen LogP contribution is -2.44. The number of benzene rings is 1. The Labute approximate surface area is 121 Å². The van der Waals surface area contributed by atoms with Gasteiger partial charge in [0.2, 0.25) is 5.91 Å². The third-order valence-corrected chi connectivity index (χ3v) is 3.11. The molecular formula is C15H25N3O2. The zero-order chi connectivity index (χ0) is 14.8. The maximum atomic E-state index is 11.9. The summed E-state index contributed by atoms with van der Waals surface area (Å²) in [6.07, 6.45) is 0.562. The lowest BCUT2D eigenvalue weighted by atomic mass is 10.1. The minimum Gasteiger partial charge on any atom is -0.383 e. The van der Waals surface area contributed by atoms with Crippen molar-refractivity contribution in [2.24, 2.45) is 5.73 Å². The number of nitrogens with two attached hydrogens (primary N) is 1. The number of rotatable bonds is 9. The van der Waals surface area contributed by atoms with Crippen LogP contribution in [0, 0.1) is 0 Å². The van der Waals surface area contributed by atoms with Crippen LogP contribution in [-0.4, -0.2) is 57.2 Å². The normalized spacial score (nSPS) is 12.4. The first-order chi connectivity index (χ1) is 9.63. The minimum atomic E-state index is -0.498. The number of amides is 1. The average molecular weight is 279 g/mol. The van der Waals surface area contributed by atoms with E-state index in [9.17, 15) is 4.79 Å². The molecule has 0 heterocycles. The second kappa shape index (κ2) is 9.47. The molecule has 0 aliphatic carbocycles. The van der Waals surface area contributed by atoms with Gasteiger partial charge in [-0.3, -0.25) is 4.79 Å². The Morgan fingerprint density at radius 3 is 2.70 bits per heavy atom. The van der Waals surface area contributed by atoms with E-state index in [1.807, 2.05) is 37.4 Å². The van der Waals surface area contributed by atoms with Gasteiger partial charge in [-0.15, -0.1) is 0 Å². The van der Waals surface area contributed by atoms with Crippen molar-refractivity contribution in [3.05, 3.63) is 35.9 Å². The molecule has 20 heavy (non-hydrogen) atoms. The van der Waals surface area contributed by atoms with Gasteiger partial charge in [0.25, 0.3) is 0 Å². The van der Waals surface area contributed by atoms with E-state index in [1.54, 1.807) is 7.11 Å². The van der Waals surface area contributed by atoms with Crippen molar-refractivity contribution in [2.75, 3.05) is 40.4 Å². The fourth-order valence-electron chi connectivity index (χ4n) is 1.82. The first-order valence-electron chi connectivity index (χ1n) is 6.88. The van der Waals surface area contributed by atoms with Gasteiger partial charge in [0, 0.05) is 26.7 Å². The van der Waals surface area contributed by atoms with Gasteiger partial charge in [0.1, 0.15) is 0 Å². The van der Waals surface area contributed by atoms with E-state index in [1.165, 1.54) is 0 Å². The quantitative estimate of drug-likeness (QED) is 0.680. The largest absolute Gasteiger partial charge is 0.383 e. The van der Waals surface area contributed by atoms with Gasteiger partial charge in [-0.2, -0.15) is 0 Å². The highest BCUT2D eigenvalue weighted by Crippen LogP contribution is 2.01. The second-order valence-corrected chi connectivity index (χ2v) is 4.88. The summed E-state index contributed by atoms with van der Waals surface area (Å²) in [5, 5.41) is 2.86. The molecule has 1 rings (SSSR count). The number of nitrogens with one attached hydrogen (secondary N) is 1. The summed E-state index contributed by atoms with van der Waals surface area (Å²) in [5.74, 6) is -0.103. The topological polar surface area (TPSA) is 67.6 Å². The van der Waals surface area contributed by atoms with Crippen molar-refractivity contribution in [3.8, 4) is 0 Å². The highest BCUT2D eigenvalue weighted by atomic mass is 16.5. The molecule has 0 saturated carbocycles. The van der Waals surface area contributed by atoms with E-state index in [-0.39, 0.29) is 5.91 Å². The highest BCUT2D eigenvalue weighted by molar-refractivity contribution is 5.81. The van der Waals surface area contributed by atoms with Crippen molar-refractivity contribution < 1.29 is 9.53 Å². The van der Waals surface area contributed by atoms with Crippen LogP contribution in [-0.2, 0) is 16.0 Å². The molecule has 1 aromatic rings.